The Morgan fingerprint density at radius 1 is 1.26 bits per heavy atom. The molecule has 0 saturated carbocycles. The van der Waals surface area contributed by atoms with Crippen LogP contribution in [0, 0.1) is 6.92 Å². The van der Waals surface area contributed by atoms with Gasteiger partial charge in [-0.25, -0.2) is 9.97 Å². The van der Waals surface area contributed by atoms with Crippen molar-refractivity contribution in [3.05, 3.63) is 48.0 Å². The number of rotatable bonds is 2. The van der Waals surface area contributed by atoms with Crippen LogP contribution in [0.2, 0.25) is 0 Å². The van der Waals surface area contributed by atoms with E-state index in [4.69, 9.17) is 16.0 Å². The largest absolute Gasteiger partial charge is 0.464 e. The molecule has 2 heterocycles. The maximum absolute atomic E-state index is 6.08. The predicted molar refractivity (Wildman–Crippen MR) is 76.2 cm³/mol. The molecule has 3 aromatic rings. The third-order valence-corrected chi connectivity index (χ3v) is 3.40. The van der Waals surface area contributed by atoms with Crippen molar-refractivity contribution in [2.24, 2.45) is 0 Å². The molecule has 0 saturated heterocycles. The number of nitrogens with zero attached hydrogens (tertiary/aromatic N) is 2. The van der Waals surface area contributed by atoms with Crippen molar-refractivity contribution in [1.82, 2.24) is 9.97 Å². The lowest BCUT2D eigenvalue weighted by atomic mass is 10.1. The molecular weight excluding hydrogens is 260 g/mol. The molecule has 3 nitrogen and oxygen atoms in total. The normalized spacial score (nSPS) is 12.8. The van der Waals surface area contributed by atoms with Crippen LogP contribution in [0.4, 0.5) is 0 Å². The molecular formula is C15H13ClN2O. The second kappa shape index (κ2) is 4.67. The summed E-state index contributed by atoms with van der Waals surface area (Å²) in [6.45, 7) is 3.86. The zero-order valence-corrected chi connectivity index (χ0v) is 11.5. The number of aryl methyl sites for hydroxylation is 1. The van der Waals surface area contributed by atoms with E-state index in [2.05, 4.69) is 9.97 Å². The Hall–Kier alpha value is -1.87. The van der Waals surface area contributed by atoms with Gasteiger partial charge in [0.25, 0.3) is 0 Å². The van der Waals surface area contributed by atoms with Crippen molar-refractivity contribution in [3.63, 3.8) is 0 Å². The van der Waals surface area contributed by atoms with Gasteiger partial charge in [-0.1, -0.05) is 18.2 Å². The summed E-state index contributed by atoms with van der Waals surface area (Å²) < 4.78 is 5.51. The van der Waals surface area contributed by atoms with Gasteiger partial charge < -0.3 is 4.42 Å². The SMILES string of the molecule is Cc1nc(-c2coc3ccccc23)ncc1C(C)Cl. The Balaban J connectivity index is 2.14. The molecule has 96 valence electrons. The molecule has 1 aromatic carbocycles. The zero-order chi connectivity index (χ0) is 13.4. The number of benzene rings is 1. The number of furan rings is 1. The second-order valence-corrected chi connectivity index (χ2v) is 5.15. The highest BCUT2D eigenvalue weighted by molar-refractivity contribution is 6.20. The van der Waals surface area contributed by atoms with E-state index in [-0.39, 0.29) is 5.38 Å². The number of hydrogen-bond donors (Lipinski definition) is 0. The van der Waals surface area contributed by atoms with E-state index >= 15 is 0 Å². The van der Waals surface area contributed by atoms with Crippen LogP contribution in [0.5, 0.6) is 0 Å². The summed E-state index contributed by atoms with van der Waals surface area (Å²) in [5, 5.41) is 0.934. The highest BCUT2D eigenvalue weighted by Gasteiger charge is 2.13. The summed E-state index contributed by atoms with van der Waals surface area (Å²) >= 11 is 6.08. The van der Waals surface area contributed by atoms with Gasteiger partial charge in [-0.15, -0.1) is 11.6 Å². The minimum atomic E-state index is -0.0878. The Morgan fingerprint density at radius 3 is 2.79 bits per heavy atom. The van der Waals surface area contributed by atoms with Crippen molar-refractivity contribution in [3.8, 4) is 11.4 Å². The maximum atomic E-state index is 6.08. The number of fused-ring (bicyclic) bond motifs is 1. The molecule has 4 heteroatoms. The topological polar surface area (TPSA) is 38.9 Å². The molecule has 19 heavy (non-hydrogen) atoms. The van der Waals surface area contributed by atoms with E-state index in [0.29, 0.717) is 5.82 Å². The molecule has 1 unspecified atom stereocenters. The first-order valence-corrected chi connectivity index (χ1v) is 6.54. The molecule has 0 aliphatic heterocycles. The van der Waals surface area contributed by atoms with Crippen LogP contribution in [0.3, 0.4) is 0 Å². The number of halogens is 1. The van der Waals surface area contributed by atoms with Crippen molar-refractivity contribution in [2.75, 3.05) is 0 Å². The summed E-state index contributed by atoms with van der Waals surface area (Å²) in [5.41, 5.74) is 3.61. The molecule has 3 rings (SSSR count). The third kappa shape index (κ3) is 2.10. The van der Waals surface area contributed by atoms with E-state index in [1.54, 1.807) is 12.5 Å². The van der Waals surface area contributed by atoms with E-state index in [0.717, 1.165) is 27.8 Å². The lowest BCUT2D eigenvalue weighted by Gasteiger charge is -2.07. The lowest BCUT2D eigenvalue weighted by Crippen LogP contribution is -1.98. The maximum Gasteiger partial charge on any atom is 0.163 e. The minimum Gasteiger partial charge on any atom is -0.464 e. The fourth-order valence-electron chi connectivity index (χ4n) is 2.15. The molecule has 0 fully saturated rings. The van der Waals surface area contributed by atoms with E-state index in [9.17, 15) is 0 Å². The van der Waals surface area contributed by atoms with Gasteiger partial charge in [0.1, 0.15) is 11.8 Å². The van der Waals surface area contributed by atoms with Crippen LogP contribution in [-0.2, 0) is 0 Å². The Kier molecular flexibility index (Phi) is 2.99. The van der Waals surface area contributed by atoms with Gasteiger partial charge >= 0.3 is 0 Å². The summed E-state index contributed by atoms with van der Waals surface area (Å²) in [6.07, 6.45) is 3.49. The Labute approximate surface area is 116 Å². The van der Waals surface area contributed by atoms with E-state index in [1.807, 2.05) is 38.1 Å². The fourth-order valence-corrected chi connectivity index (χ4v) is 2.36. The van der Waals surface area contributed by atoms with E-state index in [1.165, 1.54) is 0 Å². The molecule has 0 N–H and O–H groups in total. The molecule has 0 aliphatic rings. The van der Waals surface area contributed by atoms with Crippen molar-refractivity contribution in [1.29, 1.82) is 0 Å². The quantitative estimate of drug-likeness (QED) is 0.645. The van der Waals surface area contributed by atoms with Crippen LogP contribution in [0.25, 0.3) is 22.4 Å². The smallest absolute Gasteiger partial charge is 0.163 e. The van der Waals surface area contributed by atoms with E-state index < -0.39 is 0 Å². The molecule has 0 amide bonds. The van der Waals surface area contributed by atoms with Gasteiger partial charge in [-0.05, 0) is 19.9 Å². The van der Waals surface area contributed by atoms with Gasteiger partial charge in [0.15, 0.2) is 5.82 Å². The zero-order valence-electron chi connectivity index (χ0n) is 10.7. The fraction of sp³-hybridized carbons (Fsp3) is 0.200. The van der Waals surface area contributed by atoms with Gasteiger partial charge in [-0.3, -0.25) is 0 Å². The van der Waals surface area contributed by atoms with Crippen molar-refractivity contribution >= 4 is 22.6 Å². The minimum absolute atomic E-state index is 0.0878. The molecule has 0 spiro atoms. The standard InChI is InChI=1S/C15H13ClN2O/c1-9(16)12-7-17-15(18-10(12)2)13-8-19-14-6-4-3-5-11(13)14/h3-9H,1-2H3. The van der Waals surface area contributed by atoms with Gasteiger partial charge in [-0.2, -0.15) is 0 Å². The van der Waals surface area contributed by atoms with Crippen LogP contribution >= 0.6 is 11.6 Å². The van der Waals surface area contributed by atoms with Crippen LogP contribution in [0.15, 0.2) is 41.1 Å². The monoisotopic (exact) mass is 272 g/mol. The predicted octanol–water partition coefficient (Wildman–Crippen LogP) is 4.50. The second-order valence-electron chi connectivity index (χ2n) is 4.50. The van der Waals surface area contributed by atoms with Gasteiger partial charge in [0.2, 0.25) is 0 Å². The molecule has 0 radical (unpaired) electrons. The van der Waals surface area contributed by atoms with Crippen LogP contribution in [-0.4, -0.2) is 9.97 Å². The number of aromatic nitrogens is 2. The molecule has 0 aliphatic carbocycles. The first-order valence-electron chi connectivity index (χ1n) is 6.11. The van der Waals surface area contributed by atoms with Gasteiger partial charge in [0.05, 0.1) is 10.9 Å². The Bertz CT molecular complexity index is 734. The summed E-state index contributed by atoms with van der Waals surface area (Å²) in [4.78, 5) is 8.93. The highest BCUT2D eigenvalue weighted by atomic mass is 35.5. The average Bonchev–Trinajstić information content (AvgIpc) is 2.82. The highest BCUT2D eigenvalue weighted by Crippen LogP contribution is 2.29. The average molecular weight is 273 g/mol. The Morgan fingerprint density at radius 2 is 2.05 bits per heavy atom. The summed E-state index contributed by atoms with van der Waals surface area (Å²) in [7, 11) is 0. The molecule has 0 bridgehead atoms. The van der Waals surface area contributed by atoms with Crippen LogP contribution < -0.4 is 0 Å². The number of hydrogen-bond acceptors (Lipinski definition) is 3. The lowest BCUT2D eigenvalue weighted by molar-refractivity contribution is 0.616. The molecule has 2 aromatic heterocycles. The van der Waals surface area contributed by atoms with Crippen LogP contribution in [0.1, 0.15) is 23.6 Å². The number of alkyl halides is 1. The van der Waals surface area contributed by atoms with Crippen molar-refractivity contribution in [2.45, 2.75) is 19.2 Å². The molecule has 1 atom stereocenters. The summed E-state index contributed by atoms with van der Waals surface area (Å²) in [6, 6.07) is 7.86. The third-order valence-electron chi connectivity index (χ3n) is 3.17. The van der Waals surface area contributed by atoms with Crippen molar-refractivity contribution < 1.29 is 4.42 Å². The summed E-state index contributed by atoms with van der Waals surface area (Å²) in [5.74, 6) is 0.670. The van der Waals surface area contributed by atoms with Gasteiger partial charge in [0, 0.05) is 22.8 Å². The number of para-hydroxylation sites is 1. The first-order chi connectivity index (χ1) is 9.16. The first kappa shape index (κ1) is 12.2.